The van der Waals surface area contributed by atoms with Crippen LogP contribution in [0.15, 0.2) is 39.9 Å². The number of carbonyl (C=O) groups excluding carboxylic acids is 2. The lowest BCUT2D eigenvalue weighted by molar-refractivity contribution is -0.140. The number of aliphatic hydroxyl groups is 1. The molecule has 1 amide bonds. The van der Waals surface area contributed by atoms with Gasteiger partial charge in [0.05, 0.1) is 29.0 Å². The zero-order valence-electron chi connectivity index (χ0n) is 21.1. The number of β-amino-alcohol motifs (C(OH)–C–C–N with tert-alkyl or cyclic N) is 1. The standard InChI is InChI=1S/C27H35N3O4S/c1-15(2)25(24-11-17(4)29-34-24)27(33)30-13-21(31)12-22(30)23(32)10-16(3)19-6-8-20(9-7-19)26-18(5)28-14-35-26/h6-8,11,14-16,20-22,25,31H,9-10,12-13H2,1-5H3/t16-,20?,21-,22+,25-/m1/s1. The Morgan fingerprint density at radius 3 is 2.63 bits per heavy atom. The van der Waals surface area contributed by atoms with Crippen LogP contribution in [-0.2, 0) is 9.59 Å². The highest BCUT2D eigenvalue weighted by Gasteiger charge is 2.43. The van der Waals surface area contributed by atoms with Crippen molar-refractivity contribution in [1.82, 2.24) is 15.0 Å². The summed E-state index contributed by atoms with van der Waals surface area (Å²) in [4.78, 5) is 34.2. The molecule has 35 heavy (non-hydrogen) atoms. The molecule has 7 nitrogen and oxygen atoms in total. The first kappa shape index (κ1) is 25.5. The van der Waals surface area contributed by atoms with Crippen LogP contribution in [0.2, 0.25) is 0 Å². The van der Waals surface area contributed by atoms with Crippen LogP contribution in [0.4, 0.5) is 0 Å². The van der Waals surface area contributed by atoms with E-state index >= 15 is 0 Å². The second kappa shape index (κ2) is 10.6. The number of allylic oxidation sites excluding steroid dienone is 4. The number of aryl methyl sites for hydroxylation is 2. The van der Waals surface area contributed by atoms with Gasteiger partial charge in [0.1, 0.15) is 11.7 Å². The van der Waals surface area contributed by atoms with E-state index in [1.165, 1.54) is 4.88 Å². The molecule has 1 saturated heterocycles. The number of ketones is 1. The maximum atomic E-state index is 13.6. The van der Waals surface area contributed by atoms with Crippen molar-refractivity contribution in [3.8, 4) is 0 Å². The summed E-state index contributed by atoms with van der Waals surface area (Å²) in [6.45, 7) is 9.98. The number of aromatic nitrogens is 2. The number of amides is 1. The number of rotatable bonds is 8. The Hall–Kier alpha value is -2.58. The number of hydrogen-bond donors (Lipinski definition) is 1. The van der Waals surface area contributed by atoms with E-state index < -0.39 is 18.1 Å². The van der Waals surface area contributed by atoms with Crippen molar-refractivity contribution in [3.63, 3.8) is 0 Å². The second-order valence-corrected chi connectivity index (χ2v) is 11.2. The fourth-order valence-corrected chi connectivity index (χ4v) is 6.12. The Kier molecular flexibility index (Phi) is 7.71. The van der Waals surface area contributed by atoms with Gasteiger partial charge in [0.2, 0.25) is 5.91 Å². The van der Waals surface area contributed by atoms with Crippen LogP contribution >= 0.6 is 11.3 Å². The number of likely N-dealkylation sites (tertiary alicyclic amines) is 1. The Balaban J connectivity index is 1.43. The molecule has 5 atom stereocenters. The lowest BCUT2D eigenvalue weighted by Crippen LogP contribution is -2.44. The summed E-state index contributed by atoms with van der Waals surface area (Å²) in [5.74, 6) is 0.119. The van der Waals surface area contributed by atoms with Crippen LogP contribution in [0.5, 0.6) is 0 Å². The van der Waals surface area contributed by atoms with E-state index in [1.54, 1.807) is 22.3 Å². The van der Waals surface area contributed by atoms with Crippen LogP contribution in [-0.4, -0.2) is 50.5 Å². The van der Waals surface area contributed by atoms with Gasteiger partial charge in [0.15, 0.2) is 5.78 Å². The fourth-order valence-electron chi connectivity index (χ4n) is 5.23. The summed E-state index contributed by atoms with van der Waals surface area (Å²) in [6, 6.07) is 1.16. The Morgan fingerprint density at radius 1 is 1.29 bits per heavy atom. The van der Waals surface area contributed by atoms with Gasteiger partial charge in [0.25, 0.3) is 0 Å². The highest BCUT2D eigenvalue weighted by atomic mass is 32.1. The van der Waals surface area contributed by atoms with E-state index in [4.69, 9.17) is 4.52 Å². The van der Waals surface area contributed by atoms with E-state index in [1.807, 2.05) is 33.2 Å². The normalized spacial score (nSPS) is 24.0. The molecule has 0 saturated carbocycles. The van der Waals surface area contributed by atoms with Crippen molar-refractivity contribution in [2.75, 3.05) is 6.54 Å². The first-order chi connectivity index (χ1) is 16.7. The smallest absolute Gasteiger partial charge is 0.234 e. The van der Waals surface area contributed by atoms with Crippen LogP contribution in [0, 0.1) is 25.7 Å². The minimum absolute atomic E-state index is 0.00613. The molecular weight excluding hydrogens is 462 g/mol. The monoisotopic (exact) mass is 497 g/mol. The molecule has 188 valence electrons. The number of nitrogens with zero attached hydrogens (tertiary/aromatic N) is 3. The molecule has 2 aromatic rings. The molecule has 8 heteroatoms. The van der Waals surface area contributed by atoms with Gasteiger partial charge in [-0.05, 0) is 37.7 Å². The van der Waals surface area contributed by atoms with E-state index in [2.05, 4.69) is 35.3 Å². The first-order valence-corrected chi connectivity index (χ1v) is 13.3. The van der Waals surface area contributed by atoms with Gasteiger partial charge in [-0.25, -0.2) is 4.98 Å². The van der Waals surface area contributed by atoms with Crippen LogP contribution in [0.3, 0.4) is 0 Å². The third kappa shape index (κ3) is 5.48. The molecule has 0 radical (unpaired) electrons. The van der Waals surface area contributed by atoms with Crippen molar-refractivity contribution >= 4 is 23.0 Å². The van der Waals surface area contributed by atoms with Crippen LogP contribution in [0.25, 0.3) is 0 Å². The van der Waals surface area contributed by atoms with E-state index in [-0.39, 0.29) is 36.5 Å². The zero-order chi connectivity index (χ0) is 25.3. The summed E-state index contributed by atoms with van der Waals surface area (Å²) in [6.07, 6.45) is 7.35. The summed E-state index contributed by atoms with van der Waals surface area (Å²) >= 11 is 1.68. The summed E-state index contributed by atoms with van der Waals surface area (Å²) in [5.41, 5.74) is 4.82. The SMILES string of the molecule is Cc1cc([C@H](C(=O)N2C[C@H](O)C[C@H]2C(=O)C[C@@H](C)C2=CCC(c3scnc3C)C=C2)C(C)C)on1. The predicted molar refractivity (Wildman–Crippen MR) is 135 cm³/mol. The molecule has 2 aliphatic rings. The molecule has 4 rings (SSSR count). The topological polar surface area (TPSA) is 96.5 Å². The average molecular weight is 498 g/mol. The zero-order valence-corrected chi connectivity index (χ0v) is 21.9. The van der Waals surface area contributed by atoms with Gasteiger partial charge in [-0.15, -0.1) is 11.3 Å². The van der Waals surface area contributed by atoms with Gasteiger partial charge < -0.3 is 14.5 Å². The summed E-state index contributed by atoms with van der Waals surface area (Å²) < 4.78 is 5.41. The number of hydrogen-bond acceptors (Lipinski definition) is 7. The predicted octanol–water partition coefficient (Wildman–Crippen LogP) is 4.71. The lowest BCUT2D eigenvalue weighted by atomic mass is 9.86. The van der Waals surface area contributed by atoms with E-state index in [9.17, 15) is 14.7 Å². The molecule has 0 aromatic carbocycles. The van der Waals surface area contributed by atoms with Crippen molar-refractivity contribution in [3.05, 3.63) is 57.4 Å². The molecule has 1 aliphatic heterocycles. The van der Waals surface area contributed by atoms with Gasteiger partial charge in [-0.2, -0.15) is 0 Å². The molecule has 0 spiro atoms. The Morgan fingerprint density at radius 2 is 2.06 bits per heavy atom. The average Bonchev–Trinajstić information content (AvgIpc) is 3.53. The highest BCUT2D eigenvalue weighted by Crippen LogP contribution is 2.35. The van der Waals surface area contributed by atoms with Gasteiger partial charge >= 0.3 is 0 Å². The molecule has 1 aliphatic carbocycles. The fraction of sp³-hybridized carbons (Fsp3) is 0.556. The molecule has 1 unspecified atom stereocenters. The van der Waals surface area contributed by atoms with Crippen molar-refractivity contribution in [1.29, 1.82) is 0 Å². The van der Waals surface area contributed by atoms with Crippen LogP contribution < -0.4 is 0 Å². The number of carbonyl (C=O) groups is 2. The quantitative estimate of drug-likeness (QED) is 0.567. The van der Waals surface area contributed by atoms with E-state index in [0.717, 1.165) is 17.7 Å². The Bertz CT molecular complexity index is 1130. The van der Waals surface area contributed by atoms with Crippen molar-refractivity contribution < 1.29 is 19.2 Å². The minimum Gasteiger partial charge on any atom is -0.391 e. The maximum absolute atomic E-state index is 13.6. The minimum atomic E-state index is -0.704. The highest BCUT2D eigenvalue weighted by molar-refractivity contribution is 7.09. The van der Waals surface area contributed by atoms with E-state index in [0.29, 0.717) is 23.8 Å². The number of Topliss-reactive ketones (excluding diaryl/α,β-unsaturated/α-hetero) is 1. The lowest BCUT2D eigenvalue weighted by Gasteiger charge is -2.29. The molecule has 3 heterocycles. The van der Waals surface area contributed by atoms with Gasteiger partial charge in [0, 0.05) is 36.2 Å². The van der Waals surface area contributed by atoms with Gasteiger partial charge in [-0.3, -0.25) is 9.59 Å². The Labute approximate surface area is 210 Å². The largest absolute Gasteiger partial charge is 0.391 e. The molecule has 1 N–H and O–H groups in total. The molecule has 2 aromatic heterocycles. The molecular formula is C27H35N3O4S. The number of aliphatic hydroxyl groups excluding tert-OH is 1. The third-order valence-corrected chi connectivity index (χ3v) is 8.21. The van der Waals surface area contributed by atoms with Crippen molar-refractivity contribution in [2.24, 2.45) is 11.8 Å². The molecule has 1 fully saturated rings. The van der Waals surface area contributed by atoms with Crippen LogP contribution in [0.1, 0.15) is 73.9 Å². The number of thiazole rings is 1. The first-order valence-electron chi connectivity index (χ1n) is 12.4. The van der Waals surface area contributed by atoms with Gasteiger partial charge in [-0.1, -0.05) is 44.2 Å². The molecule has 0 bridgehead atoms. The second-order valence-electron chi connectivity index (χ2n) is 10.3. The van der Waals surface area contributed by atoms with Crippen molar-refractivity contribution in [2.45, 2.75) is 77.9 Å². The summed E-state index contributed by atoms with van der Waals surface area (Å²) in [5, 5.41) is 14.3. The third-order valence-electron chi connectivity index (χ3n) is 7.14. The summed E-state index contributed by atoms with van der Waals surface area (Å²) in [7, 11) is 0. The maximum Gasteiger partial charge on any atom is 0.234 e.